The Morgan fingerprint density at radius 1 is 0.952 bits per heavy atom. The van der Waals surface area contributed by atoms with E-state index in [-0.39, 0.29) is 4.90 Å². The van der Waals surface area contributed by atoms with E-state index in [1.165, 1.54) is 17.6 Å². The number of hydrogen-bond acceptors (Lipinski definition) is 7. The Balaban J connectivity index is 1.71. The molecule has 6 nitrogen and oxygen atoms in total. The molecule has 0 saturated heterocycles. The molecule has 0 amide bonds. The van der Waals surface area contributed by atoms with Crippen LogP contribution in [-0.2, 0) is 20.9 Å². The fraction of sp³-hybridized carbons (Fsp3) is 0.206. The zero-order chi connectivity index (χ0) is 30.3. The zero-order valence-electron chi connectivity index (χ0n) is 24.1. The number of pyridine rings is 1. The van der Waals surface area contributed by atoms with E-state index in [1.54, 1.807) is 50.5 Å². The van der Waals surface area contributed by atoms with Gasteiger partial charge in [-0.15, -0.1) is 11.3 Å². The van der Waals surface area contributed by atoms with Crippen LogP contribution in [0, 0.1) is 11.3 Å². The van der Waals surface area contributed by atoms with Gasteiger partial charge in [-0.1, -0.05) is 36.4 Å². The molecule has 5 rings (SSSR count). The molecule has 8 heteroatoms. The van der Waals surface area contributed by atoms with Crippen LogP contribution in [0.2, 0.25) is 0 Å². The molecule has 212 valence electrons. The average Bonchev–Trinajstić information content (AvgIpc) is 3.45. The predicted molar refractivity (Wildman–Crippen MR) is 170 cm³/mol. The Morgan fingerprint density at radius 3 is 2.33 bits per heavy atom. The minimum Gasteiger partial charge on any atom is -0.385 e. The Bertz CT molecular complexity index is 1980. The number of fused-ring (bicyclic) bond motifs is 1. The van der Waals surface area contributed by atoms with Gasteiger partial charge < -0.3 is 5.11 Å². The van der Waals surface area contributed by atoms with E-state index in [4.69, 9.17) is 0 Å². The van der Waals surface area contributed by atoms with Crippen LogP contribution in [0.5, 0.6) is 0 Å². The molecule has 2 aromatic heterocycles. The first kappa shape index (κ1) is 29.3. The second-order valence-corrected chi connectivity index (χ2v) is 14.5. The maximum absolute atomic E-state index is 12.1. The van der Waals surface area contributed by atoms with Crippen molar-refractivity contribution < 1.29 is 13.5 Å². The molecule has 0 aliphatic carbocycles. The van der Waals surface area contributed by atoms with Crippen LogP contribution < -0.4 is 0 Å². The van der Waals surface area contributed by atoms with Crippen LogP contribution in [0.4, 0.5) is 0 Å². The third kappa shape index (κ3) is 6.04. The molecule has 0 unspecified atom stereocenters. The van der Waals surface area contributed by atoms with Crippen LogP contribution in [0.3, 0.4) is 0 Å². The minimum absolute atomic E-state index is 0.243. The van der Waals surface area contributed by atoms with Gasteiger partial charge >= 0.3 is 0 Å². The largest absolute Gasteiger partial charge is 0.385 e. The van der Waals surface area contributed by atoms with Crippen LogP contribution in [-0.4, -0.2) is 29.7 Å². The number of aliphatic hydroxyl groups is 1. The third-order valence-electron chi connectivity index (χ3n) is 7.18. The maximum atomic E-state index is 12.1. The van der Waals surface area contributed by atoms with Gasteiger partial charge in [0.25, 0.3) is 0 Å². The highest BCUT2D eigenvalue weighted by Gasteiger charge is 2.23. The average molecular weight is 594 g/mol. The predicted octanol–water partition coefficient (Wildman–Crippen LogP) is 7.38. The second kappa shape index (κ2) is 10.9. The van der Waals surface area contributed by atoms with Gasteiger partial charge in [0.15, 0.2) is 9.84 Å². The van der Waals surface area contributed by atoms with Crippen molar-refractivity contribution in [3.05, 3.63) is 112 Å². The highest BCUT2D eigenvalue weighted by molar-refractivity contribution is 7.90. The number of benzene rings is 3. The highest BCUT2D eigenvalue weighted by Crippen LogP contribution is 2.37. The van der Waals surface area contributed by atoms with E-state index < -0.39 is 20.9 Å². The standard InChI is InChI=1S/C34H31N3O3S2/c1-33(2,21-35)26-17-25-10-7-15-36-32(25)29(18-26)24-9-6-8-23(16-24)28(19-31-37-20-30(41-31)34(3,4)38)22-11-13-27(14-12-22)42(5,39)40/h6-20,38H,1-5H3/b28-19+. The first-order valence-electron chi connectivity index (χ1n) is 13.4. The molecular formula is C34H31N3O3S2. The lowest BCUT2D eigenvalue weighted by atomic mass is 9.83. The normalized spacial score (nSPS) is 12.8. The van der Waals surface area contributed by atoms with Gasteiger partial charge in [0.2, 0.25) is 0 Å². The Kier molecular flexibility index (Phi) is 7.62. The van der Waals surface area contributed by atoms with Gasteiger partial charge in [-0.3, -0.25) is 4.98 Å². The van der Waals surface area contributed by atoms with Crippen LogP contribution in [0.1, 0.15) is 54.3 Å². The van der Waals surface area contributed by atoms with Crippen molar-refractivity contribution in [3.8, 4) is 17.2 Å². The van der Waals surface area contributed by atoms with Crippen molar-refractivity contribution in [2.75, 3.05) is 6.26 Å². The molecule has 2 heterocycles. The number of thiazole rings is 1. The molecule has 0 bridgehead atoms. The van der Waals surface area contributed by atoms with Crippen molar-refractivity contribution in [3.63, 3.8) is 0 Å². The number of rotatable bonds is 7. The molecule has 42 heavy (non-hydrogen) atoms. The lowest BCUT2D eigenvalue weighted by Gasteiger charge is -2.19. The number of hydrogen-bond donors (Lipinski definition) is 1. The zero-order valence-corrected chi connectivity index (χ0v) is 25.7. The molecule has 0 fully saturated rings. The summed E-state index contributed by atoms with van der Waals surface area (Å²) in [4.78, 5) is 10.2. The summed E-state index contributed by atoms with van der Waals surface area (Å²) in [6.07, 6.45) is 6.59. The van der Waals surface area contributed by atoms with E-state index in [9.17, 15) is 18.8 Å². The molecule has 0 atom stereocenters. The molecule has 0 radical (unpaired) electrons. The molecule has 0 spiro atoms. The number of nitrogens with zero attached hydrogens (tertiary/aromatic N) is 3. The SMILES string of the molecule is CC(C)(O)c1cnc(/C=C(\c2ccc(S(C)(=O)=O)cc2)c2cccc(-c3cc(C(C)(C)C#N)cc4cccnc34)c2)s1. The highest BCUT2D eigenvalue weighted by atomic mass is 32.2. The van der Waals surface area contributed by atoms with Crippen molar-refractivity contribution >= 4 is 43.7 Å². The first-order chi connectivity index (χ1) is 19.8. The first-order valence-corrected chi connectivity index (χ1v) is 16.1. The van der Waals surface area contributed by atoms with E-state index in [0.29, 0.717) is 5.01 Å². The van der Waals surface area contributed by atoms with Crippen molar-refractivity contribution in [2.45, 2.75) is 43.6 Å². The summed E-state index contributed by atoms with van der Waals surface area (Å²) in [5.41, 5.74) is 4.45. The fourth-order valence-corrected chi connectivity index (χ4v) is 6.16. The molecule has 0 saturated carbocycles. The summed E-state index contributed by atoms with van der Waals surface area (Å²) < 4.78 is 24.3. The van der Waals surface area contributed by atoms with Gasteiger partial charge in [0, 0.05) is 29.6 Å². The van der Waals surface area contributed by atoms with Gasteiger partial charge in [0.05, 0.1) is 32.4 Å². The van der Waals surface area contributed by atoms with Crippen molar-refractivity contribution in [1.82, 2.24) is 9.97 Å². The smallest absolute Gasteiger partial charge is 0.175 e. The maximum Gasteiger partial charge on any atom is 0.175 e. The van der Waals surface area contributed by atoms with Crippen LogP contribution >= 0.6 is 11.3 Å². The van der Waals surface area contributed by atoms with Crippen LogP contribution in [0.15, 0.2) is 90.1 Å². The quantitative estimate of drug-likeness (QED) is 0.211. The number of sulfone groups is 1. The lowest BCUT2D eigenvalue weighted by Crippen LogP contribution is -2.14. The number of aromatic nitrogens is 2. The molecule has 1 N–H and O–H groups in total. The third-order valence-corrected chi connectivity index (χ3v) is 9.56. The molecular weight excluding hydrogens is 563 g/mol. The summed E-state index contributed by atoms with van der Waals surface area (Å²) in [5.74, 6) is 0. The van der Waals surface area contributed by atoms with Gasteiger partial charge in [-0.05, 0) is 98.0 Å². The summed E-state index contributed by atoms with van der Waals surface area (Å²) in [6, 6.07) is 25.3. The van der Waals surface area contributed by atoms with Crippen molar-refractivity contribution in [2.24, 2.45) is 0 Å². The Morgan fingerprint density at radius 2 is 1.69 bits per heavy atom. The van der Waals surface area contributed by atoms with E-state index in [2.05, 4.69) is 22.1 Å². The summed E-state index contributed by atoms with van der Waals surface area (Å²) in [7, 11) is -3.35. The molecule has 3 aromatic carbocycles. The topological polar surface area (TPSA) is 104 Å². The summed E-state index contributed by atoms with van der Waals surface area (Å²) in [5, 5.41) is 22.0. The van der Waals surface area contributed by atoms with Crippen LogP contribution in [0.25, 0.3) is 33.7 Å². The molecule has 0 aliphatic rings. The van der Waals surface area contributed by atoms with Gasteiger partial charge in [-0.25, -0.2) is 13.4 Å². The second-order valence-electron chi connectivity index (χ2n) is 11.4. The summed E-state index contributed by atoms with van der Waals surface area (Å²) >= 11 is 1.40. The van der Waals surface area contributed by atoms with E-state index in [1.807, 2.05) is 62.4 Å². The minimum atomic E-state index is -3.35. The van der Waals surface area contributed by atoms with Gasteiger partial charge in [0.1, 0.15) is 5.01 Å². The van der Waals surface area contributed by atoms with E-state index >= 15 is 0 Å². The van der Waals surface area contributed by atoms with Crippen molar-refractivity contribution in [1.29, 1.82) is 5.26 Å². The number of nitriles is 1. The summed E-state index contributed by atoms with van der Waals surface area (Å²) in [6.45, 7) is 7.26. The molecule has 0 aliphatic heterocycles. The Labute approximate surface area is 250 Å². The fourth-order valence-electron chi connectivity index (χ4n) is 4.67. The van der Waals surface area contributed by atoms with Gasteiger partial charge in [-0.2, -0.15) is 5.26 Å². The van der Waals surface area contributed by atoms with E-state index in [0.717, 1.165) is 49.2 Å². The molecule has 5 aromatic rings. The monoisotopic (exact) mass is 593 g/mol. The lowest BCUT2D eigenvalue weighted by molar-refractivity contribution is 0.0823. The Hall–Kier alpha value is -4.16.